The Bertz CT molecular complexity index is 1450. The van der Waals surface area contributed by atoms with Gasteiger partial charge in [0.25, 0.3) is 0 Å². The van der Waals surface area contributed by atoms with Gasteiger partial charge < -0.3 is 14.8 Å². The normalized spacial score (nSPS) is 11.8. The second kappa shape index (κ2) is 15.2. The first-order valence-corrected chi connectivity index (χ1v) is 16.3. The molecule has 0 saturated heterocycles. The van der Waals surface area contributed by atoms with Crippen molar-refractivity contribution >= 4 is 45.9 Å². The number of hydrogen-bond donors (Lipinski definition) is 1. The number of carbonyl (C=O) groups excluding carboxylic acids is 3. The van der Waals surface area contributed by atoms with E-state index in [0.29, 0.717) is 6.42 Å². The number of Topliss-reactive ketones (excluding diaryl/α,β-unsaturated/α-hetero) is 1. The highest BCUT2D eigenvalue weighted by atomic mass is 31.2. The molecule has 0 heterocycles. The van der Waals surface area contributed by atoms with Gasteiger partial charge in [0.2, 0.25) is 0 Å². The number of amides is 1. The summed E-state index contributed by atoms with van der Waals surface area (Å²) >= 11 is 0. The minimum Gasteiger partial charge on any atom is -0.462 e. The molecule has 1 atom stereocenters. The third-order valence-corrected chi connectivity index (χ3v) is 11.3. The Kier molecular flexibility index (Phi) is 11.1. The lowest BCUT2D eigenvalue weighted by molar-refractivity contribution is -0.135. The Morgan fingerprint density at radius 2 is 1.12 bits per heavy atom. The molecule has 222 valence electrons. The van der Waals surface area contributed by atoms with Gasteiger partial charge in [-0.25, -0.2) is 9.59 Å². The molecule has 0 bridgehead atoms. The van der Waals surface area contributed by atoms with Crippen molar-refractivity contribution in [2.75, 3.05) is 6.61 Å². The van der Waals surface area contributed by atoms with E-state index in [0.717, 1.165) is 21.5 Å². The average molecular weight is 596 g/mol. The molecule has 4 aromatic carbocycles. The summed E-state index contributed by atoms with van der Waals surface area (Å²) in [6, 6.07) is 37.2. The van der Waals surface area contributed by atoms with E-state index in [1.165, 1.54) is 0 Å². The monoisotopic (exact) mass is 595 g/mol. The van der Waals surface area contributed by atoms with E-state index in [4.69, 9.17) is 9.47 Å². The Morgan fingerprint density at radius 3 is 1.53 bits per heavy atom. The SMILES string of the molecule is CCOC(=O)C(C(=O)[C@H](CC(C)C)NC(=O)OCc1ccccc1)=P(c1ccccc1)(c1ccccc1)c1ccccc1. The van der Waals surface area contributed by atoms with Gasteiger partial charge in [0.15, 0.2) is 5.78 Å². The summed E-state index contributed by atoms with van der Waals surface area (Å²) < 4.78 is 11.1. The Morgan fingerprint density at radius 1 is 0.674 bits per heavy atom. The molecule has 6 nitrogen and oxygen atoms in total. The minimum absolute atomic E-state index is 0.0322. The van der Waals surface area contributed by atoms with E-state index in [2.05, 4.69) is 5.32 Å². The zero-order valence-electron chi connectivity index (χ0n) is 24.8. The number of ether oxygens (including phenoxy) is 2. The van der Waals surface area contributed by atoms with Gasteiger partial charge in [0.05, 0.1) is 12.6 Å². The Balaban J connectivity index is 1.96. The van der Waals surface area contributed by atoms with Gasteiger partial charge in [-0.3, -0.25) is 4.79 Å². The van der Waals surface area contributed by atoms with Crippen molar-refractivity contribution in [3.63, 3.8) is 0 Å². The highest BCUT2D eigenvalue weighted by Crippen LogP contribution is 2.47. The summed E-state index contributed by atoms with van der Waals surface area (Å²) in [6.45, 7) is 2.69. The quantitative estimate of drug-likeness (QED) is 0.131. The highest BCUT2D eigenvalue weighted by molar-refractivity contribution is 7.97. The van der Waals surface area contributed by atoms with Crippen LogP contribution in [0.5, 0.6) is 0 Å². The molecule has 0 aromatic heterocycles. The van der Waals surface area contributed by atoms with Crippen LogP contribution in [-0.4, -0.2) is 35.8 Å². The number of nitrogens with one attached hydrogen (secondary N) is 1. The molecule has 4 aromatic rings. The van der Waals surface area contributed by atoms with Crippen LogP contribution in [0.4, 0.5) is 4.79 Å². The third kappa shape index (κ3) is 7.52. The van der Waals surface area contributed by atoms with Crippen LogP contribution in [0.1, 0.15) is 32.8 Å². The number of rotatable bonds is 12. The van der Waals surface area contributed by atoms with Crippen LogP contribution in [0.3, 0.4) is 0 Å². The first kappa shape index (κ1) is 31.5. The van der Waals surface area contributed by atoms with Gasteiger partial charge in [-0.1, -0.05) is 135 Å². The van der Waals surface area contributed by atoms with Crippen LogP contribution in [0, 0.1) is 5.92 Å². The molecule has 0 aliphatic rings. The molecule has 0 fully saturated rings. The number of ketones is 1. The second-order valence-electron chi connectivity index (χ2n) is 10.5. The molecule has 1 N–H and O–H groups in total. The van der Waals surface area contributed by atoms with Crippen molar-refractivity contribution in [2.45, 2.75) is 39.8 Å². The first-order valence-electron chi connectivity index (χ1n) is 14.5. The van der Waals surface area contributed by atoms with Crippen molar-refractivity contribution in [3.8, 4) is 0 Å². The molecule has 0 aliphatic heterocycles. The molecule has 1 amide bonds. The molecule has 7 heteroatoms. The van der Waals surface area contributed by atoms with Crippen LogP contribution >= 0.6 is 6.89 Å². The van der Waals surface area contributed by atoms with Gasteiger partial charge in [0, 0.05) is 0 Å². The fourth-order valence-electron chi connectivity index (χ4n) is 5.17. The van der Waals surface area contributed by atoms with Crippen LogP contribution < -0.4 is 21.2 Å². The molecule has 4 rings (SSSR count). The van der Waals surface area contributed by atoms with Crippen molar-refractivity contribution in [1.29, 1.82) is 0 Å². The number of alkyl carbamates (subject to hydrolysis) is 1. The lowest BCUT2D eigenvalue weighted by Crippen LogP contribution is -2.49. The maximum Gasteiger partial charge on any atom is 0.408 e. The summed E-state index contributed by atoms with van der Waals surface area (Å²) in [5.74, 6) is -1.14. The molecule has 0 saturated carbocycles. The van der Waals surface area contributed by atoms with E-state index in [1.807, 2.05) is 135 Å². The summed E-state index contributed by atoms with van der Waals surface area (Å²) in [5.41, 5.74) is 0.824. The van der Waals surface area contributed by atoms with Crippen molar-refractivity contribution in [2.24, 2.45) is 5.92 Å². The number of carbonyl (C=O) groups is 3. The first-order chi connectivity index (χ1) is 20.9. The fraction of sp³-hybridized carbons (Fsp3) is 0.222. The smallest absolute Gasteiger partial charge is 0.408 e. The van der Waals surface area contributed by atoms with Gasteiger partial charge in [0.1, 0.15) is 11.9 Å². The van der Waals surface area contributed by atoms with Crippen molar-refractivity contribution in [3.05, 3.63) is 127 Å². The molecule has 0 radical (unpaired) electrons. The van der Waals surface area contributed by atoms with E-state index < -0.39 is 30.8 Å². The third-order valence-electron chi connectivity index (χ3n) is 7.00. The van der Waals surface area contributed by atoms with Crippen LogP contribution in [0.25, 0.3) is 0 Å². The molecule has 0 aliphatic carbocycles. The maximum atomic E-state index is 14.9. The molecular formula is C36H38NO5P. The van der Waals surface area contributed by atoms with Gasteiger partial charge in [-0.15, -0.1) is 0 Å². The van der Waals surface area contributed by atoms with Crippen LogP contribution in [0.2, 0.25) is 0 Å². The largest absolute Gasteiger partial charge is 0.462 e. The Hall–Kier alpha value is -4.41. The fourth-order valence-corrected chi connectivity index (χ4v) is 9.52. The average Bonchev–Trinajstić information content (AvgIpc) is 3.03. The zero-order chi connectivity index (χ0) is 30.7. The summed E-state index contributed by atoms with van der Waals surface area (Å²) in [6.07, 6.45) is -0.422. The van der Waals surface area contributed by atoms with E-state index in [-0.39, 0.29) is 24.4 Å². The predicted octanol–water partition coefficient (Wildman–Crippen LogP) is 5.63. The summed E-state index contributed by atoms with van der Waals surface area (Å²) in [5, 5.41) is 5.33. The van der Waals surface area contributed by atoms with E-state index in [1.54, 1.807) is 6.92 Å². The van der Waals surface area contributed by atoms with Gasteiger partial charge in [-0.2, -0.15) is 0 Å². The lowest BCUT2D eigenvalue weighted by atomic mass is 9.98. The summed E-state index contributed by atoms with van der Waals surface area (Å²) in [7, 11) is 0. The molecule has 0 unspecified atom stereocenters. The topological polar surface area (TPSA) is 81.7 Å². The highest BCUT2D eigenvalue weighted by Gasteiger charge is 2.40. The van der Waals surface area contributed by atoms with E-state index in [9.17, 15) is 14.4 Å². The zero-order valence-corrected chi connectivity index (χ0v) is 25.7. The molecular weight excluding hydrogens is 557 g/mol. The number of esters is 1. The van der Waals surface area contributed by atoms with Gasteiger partial charge >= 0.3 is 12.1 Å². The number of benzene rings is 4. The maximum absolute atomic E-state index is 14.9. The molecule has 0 spiro atoms. The second-order valence-corrected chi connectivity index (χ2v) is 13.8. The van der Waals surface area contributed by atoms with E-state index >= 15 is 0 Å². The predicted molar refractivity (Wildman–Crippen MR) is 175 cm³/mol. The van der Waals surface area contributed by atoms with Gasteiger partial charge in [-0.05, 0) is 47.6 Å². The lowest BCUT2D eigenvalue weighted by Gasteiger charge is -2.33. The minimum atomic E-state index is -3.11. The molecule has 43 heavy (non-hydrogen) atoms. The van der Waals surface area contributed by atoms with Crippen LogP contribution in [0.15, 0.2) is 121 Å². The standard InChI is InChI=1S/C36H38NO5P/c1-4-41-35(39)34(33(38)32(25-27(2)3)37-36(40)42-26-28-17-9-5-10-18-28)43(29-19-11-6-12-20-29,30-21-13-7-14-22-30)31-23-15-8-16-24-31/h5-24,27,32H,4,25-26H2,1-3H3,(H,37,40)/t32-/m0/s1. The van der Waals surface area contributed by atoms with Crippen molar-refractivity contribution in [1.82, 2.24) is 5.32 Å². The Labute approximate surface area is 254 Å². The van der Waals surface area contributed by atoms with Crippen LogP contribution in [-0.2, 0) is 25.7 Å². The van der Waals surface area contributed by atoms with Crippen molar-refractivity contribution < 1.29 is 23.9 Å². The summed E-state index contributed by atoms with van der Waals surface area (Å²) in [4.78, 5) is 42.1. The number of hydrogen-bond acceptors (Lipinski definition) is 5.